The van der Waals surface area contributed by atoms with Crippen molar-refractivity contribution in [2.75, 3.05) is 5.73 Å². The van der Waals surface area contributed by atoms with Crippen LogP contribution in [-0.4, -0.2) is 14.6 Å². The zero-order chi connectivity index (χ0) is 11.9. The van der Waals surface area contributed by atoms with Gasteiger partial charge in [0.25, 0.3) is 0 Å². The monoisotopic (exact) mass is 242 g/mol. The normalized spacial score (nSPS) is 11.6. The Kier molecular flexibility index (Phi) is 2.71. The van der Waals surface area contributed by atoms with Crippen molar-refractivity contribution < 1.29 is 4.39 Å². The minimum atomic E-state index is -0.489. The Labute approximate surface area is 97.2 Å². The summed E-state index contributed by atoms with van der Waals surface area (Å²) in [6.45, 7) is 4.05. The van der Waals surface area contributed by atoms with Gasteiger partial charge in [-0.3, -0.25) is 0 Å². The zero-order valence-corrected chi connectivity index (χ0v) is 9.79. The first kappa shape index (κ1) is 11.1. The topological polar surface area (TPSA) is 56.2 Å². The number of aromatic nitrogens is 3. The van der Waals surface area contributed by atoms with Crippen LogP contribution in [0.25, 0.3) is 5.52 Å². The number of hydrogen-bond donors (Lipinski definition) is 1. The number of halogens is 2. The van der Waals surface area contributed by atoms with E-state index in [1.807, 2.05) is 13.8 Å². The Bertz CT molecular complexity index is 535. The fourth-order valence-corrected chi connectivity index (χ4v) is 1.87. The van der Waals surface area contributed by atoms with Gasteiger partial charge in [0, 0.05) is 0 Å². The van der Waals surface area contributed by atoms with Crippen LogP contribution in [0, 0.1) is 11.7 Å². The molecule has 0 aliphatic heterocycles. The van der Waals surface area contributed by atoms with Crippen LogP contribution in [0.5, 0.6) is 0 Å². The number of rotatable bonds is 2. The lowest BCUT2D eigenvalue weighted by Gasteiger charge is -2.05. The van der Waals surface area contributed by atoms with E-state index in [1.54, 1.807) is 0 Å². The van der Waals surface area contributed by atoms with Crippen molar-refractivity contribution in [1.82, 2.24) is 14.6 Å². The number of nitrogen functional groups attached to an aromatic ring is 1. The van der Waals surface area contributed by atoms with Crippen LogP contribution in [0.15, 0.2) is 6.20 Å². The van der Waals surface area contributed by atoms with E-state index in [0.29, 0.717) is 18.0 Å². The molecule has 86 valence electrons. The molecule has 0 atom stereocenters. The third kappa shape index (κ3) is 1.71. The molecular formula is C10H12ClFN4. The third-order valence-corrected chi connectivity index (χ3v) is 2.66. The SMILES string of the molecule is CC(C)Cc1c(Cl)c(F)c2cnc(N)nn12. The number of fused-ring (bicyclic) bond motifs is 1. The second kappa shape index (κ2) is 3.90. The Hall–Kier alpha value is -1.36. The van der Waals surface area contributed by atoms with E-state index in [-0.39, 0.29) is 16.5 Å². The van der Waals surface area contributed by atoms with Crippen LogP contribution in [0.4, 0.5) is 10.3 Å². The first-order chi connectivity index (χ1) is 7.50. The smallest absolute Gasteiger partial charge is 0.238 e. The summed E-state index contributed by atoms with van der Waals surface area (Å²) in [4.78, 5) is 3.75. The Balaban J connectivity index is 2.70. The molecular weight excluding hydrogens is 231 g/mol. The summed E-state index contributed by atoms with van der Waals surface area (Å²) in [6, 6.07) is 0. The van der Waals surface area contributed by atoms with Gasteiger partial charge in [-0.1, -0.05) is 25.4 Å². The Morgan fingerprint density at radius 1 is 1.56 bits per heavy atom. The maximum Gasteiger partial charge on any atom is 0.238 e. The maximum atomic E-state index is 13.7. The molecule has 2 aromatic heterocycles. The molecule has 2 rings (SSSR count). The molecule has 0 saturated heterocycles. The van der Waals surface area contributed by atoms with Gasteiger partial charge in [-0.25, -0.2) is 13.9 Å². The molecule has 2 aromatic rings. The molecule has 16 heavy (non-hydrogen) atoms. The second-order valence-electron chi connectivity index (χ2n) is 4.09. The summed E-state index contributed by atoms with van der Waals surface area (Å²) in [6.07, 6.45) is 1.98. The predicted octanol–water partition coefficient (Wildman–Crippen LogP) is 2.30. The van der Waals surface area contributed by atoms with Gasteiger partial charge in [0.05, 0.1) is 11.9 Å². The lowest BCUT2D eigenvalue weighted by Crippen LogP contribution is -2.05. The van der Waals surface area contributed by atoms with Crippen LogP contribution < -0.4 is 5.73 Å². The summed E-state index contributed by atoms with van der Waals surface area (Å²) in [5, 5.41) is 4.07. The van der Waals surface area contributed by atoms with Crippen LogP contribution in [0.2, 0.25) is 5.02 Å². The summed E-state index contributed by atoms with van der Waals surface area (Å²) in [7, 11) is 0. The molecule has 0 unspecified atom stereocenters. The highest BCUT2D eigenvalue weighted by molar-refractivity contribution is 6.32. The Morgan fingerprint density at radius 3 is 2.88 bits per heavy atom. The number of nitrogens with zero attached hydrogens (tertiary/aromatic N) is 3. The van der Waals surface area contributed by atoms with Gasteiger partial charge in [0.1, 0.15) is 10.5 Å². The van der Waals surface area contributed by atoms with E-state index < -0.39 is 5.82 Å². The van der Waals surface area contributed by atoms with Gasteiger partial charge >= 0.3 is 0 Å². The molecule has 0 fully saturated rings. The first-order valence-electron chi connectivity index (χ1n) is 4.97. The summed E-state index contributed by atoms with van der Waals surface area (Å²) in [5.41, 5.74) is 6.37. The average Bonchev–Trinajstić information content (AvgIpc) is 2.43. The third-order valence-electron chi connectivity index (χ3n) is 2.28. The molecule has 0 aliphatic rings. The average molecular weight is 243 g/mol. The van der Waals surface area contributed by atoms with E-state index in [0.717, 1.165) is 0 Å². The molecule has 2 heterocycles. The highest BCUT2D eigenvalue weighted by Crippen LogP contribution is 2.27. The fourth-order valence-electron chi connectivity index (χ4n) is 1.61. The molecule has 0 spiro atoms. The van der Waals surface area contributed by atoms with E-state index in [4.69, 9.17) is 17.3 Å². The molecule has 0 aromatic carbocycles. The molecule has 0 aliphatic carbocycles. The molecule has 0 amide bonds. The first-order valence-corrected chi connectivity index (χ1v) is 5.35. The zero-order valence-electron chi connectivity index (χ0n) is 9.04. The lowest BCUT2D eigenvalue weighted by atomic mass is 10.1. The molecule has 0 bridgehead atoms. The van der Waals surface area contributed by atoms with Gasteiger partial charge in [-0.05, 0) is 12.3 Å². The van der Waals surface area contributed by atoms with Gasteiger partial charge in [0.2, 0.25) is 5.95 Å². The van der Waals surface area contributed by atoms with Crippen LogP contribution in [0.1, 0.15) is 19.5 Å². The van der Waals surface area contributed by atoms with Crippen molar-refractivity contribution in [2.24, 2.45) is 5.92 Å². The van der Waals surface area contributed by atoms with E-state index in [1.165, 1.54) is 10.7 Å². The highest BCUT2D eigenvalue weighted by atomic mass is 35.5. The minimum Gasteiger partial charge on any atom is -0.367 e. The van der Waals surface area contributed by atoms with Gasteiger partial charge in [0.15, 0.2) is 5.82 Å². The molecule has 4 nitrogen and oxygen atoms in total. The number of hydrogen-bond acceptors (Lipinski definition) is 3. The van der Waals surface area contributed by atoms with E-state index in [9.17, 15) is 4.39 Å². The van der Waals surface area contributed by atoms with Crippen molar-refractivity contribution in [1.29, 1.82) is 0 Å². The molecule has 0 radical (unpaired) electrons. The number of nitrogens with two attached hydrogens (primary N) is 1. The summed E-state index contributed by atoms with van der Waals surface area (Å²) < 4.78 is 15.2. The minimum absolute atomic E-state index is 0.101. The quantitative estimate of drug-likeness (QED) is 0.879. The van der Waals surface area contributed by atoms with Crippen molar-refractivity contribution in [2.45, 2.75) is 20.3 Å². The fraction of sp³-hybridized carbons (Fsp3) is 0.400. The van der Waals surface area contributed by atoms with Crippen molar-refractivity contribution in [3.05, 3.63) is 22.7 Å². The van der Waals surface area contributed by atoms with Crippen LogP contribution >= 0.6 is 11.6 Å². The van der Waals surface area contributed by atoms with Crippen molar-refractivity contribution in [3.63, 3.8) is 0 Å². The molecule has 6 heteroatoms. The van der Waals surface area contributed by atoms with Gasteiger partial charge < -0.3 is 5.73 Å². The van der Waals surface area contributed by atoms with Crippen molar-refractivity contribution >= 4 is 23.1 Å². The lowest BCUT2D eigenvalue weighted by molar-refractivity contribution is 0.620. The van der Waals surface area contributed by atoms with Gasteiger partial charge in [-0.15, -0.1) is 5.10 Å². The summed E-state index contributed by atoms with van der Waals surface area (Å²) >= 11 is 5.93. The van der Waals surface area contributed by atoms with E-state index >= 15 is 0 Å². The molecule has 0 saturated carbocycles. The van der Waals surface area contributed by atoms with Crippen molar-refractivity contribution in [3.8, 4) is 0 Å². The number of anilines is 1. The summed E-state index contributed by atoms with van der Waals surface area (Å²) in [5.74, 6) is -0.0346. The maximum absolute atomic E-state index is 13.7. The van der Waals surface area contributed by atoms with Crippen LogP contribution in [-0.2, 0) is 6.42 Å². The molecule has 2 N–H and O–H groups in total. The second-order valence-corrected chi connectivity index (χ2v) is 4.46. The van der Waals surface area contributed by atoms with Gasteiger partial charge in [-0.2, -0.15) is 0 Å². The largest absolute Gasteiger partial charge is 0.367 e. The Morgan fingerprint density at radius 2 is 2.25 bits per heavy atom. The standard InChI is InChI=1S/C10H12ClFN4/c1-5(2)3-6-8(11)9(12)7-4-14-10(13)15-16(6)7/h4-5H,3H2,1-2H3,(H2,13,15). The van der Waals surface area contributed by atoms with E-state index in [2.05, 4.69) is 10.1 Å². The highest BCUT2D eigenvalue weighted by Gasteiger charge is 2.18. The predicted molar refractivity (Wildman–Crippen MR) is 60.9 cm³/mol. The van der Waals surface area contributed by atoms with Crippen LogP contribution in [0.3, 0.4) is 0 Å².